The molecule has 1 atom stereocenters. The van der Waals surface area contributed by atoms with Gasteiger partial charge in [-0.3, -0.25) is 4.79 Å². The number of carbonyl (C=O) groups excluding carboxylic acids is 1. The summed E-state index contributed by atoms with van der Waals surface area (Å²) < 4.78 is 0.943. The van der Waals surface area contributed by atoms with Crippen molar-refractivity contribution in [1.82, 2.24) is 0 Å². The number of rotatable bonds is 6. The monoisotopic (exact) mass is 336 g/mol. The molecule has 0 N–H and O–H groups in total. The third kappa shape index (κ3) is 4.98. The number of hydrogen-bond acceptors (Lipinski definition) is 1. The van der Waals surface area contributed by atoms with Crippen LogP contribution < -0.4 is 0 Å². The maximum atomic E-state index is 11.7. The molecule has 0 bridgehead atoms. The molecule has 0 aliphatic heterocycles. The highest BCUT2D eigenvalue weighted by Crippen LogP contribution is 2.12. The first-order valence-corrected chi connectivity index (χ1v) is 6.98. The Bertz CT molecular complexity index is 300. The summed E-state index contributed by atoms with van der Waals surface area (Å²) in [7, 11) is 0. The van der Waals surface area contributed by atoms with Gasteiger partial charge in [-0.15, -0.1) is 11.6 Å². The second-order valence-electron chi connectivity index (χ2n) is 3.43. The third-order valence-electron chi connectivity index (χ3n) is 2.18. The highest BCUT2D eigenvalue weighted by molar-refractivity contribution is 14.1. The number of benzene rings is 1. The van der Waals surface area contributed by atoms with E-state index in [9.17, 15) is 4.79 Å². The molecule has 3 heteroatoms. The summed E-state index contributed by atoms with van der Waals surface area (Å²) in [6.45, 7) is 0. The van der Waals surface area contributed by atoms with E-state index in [-0.39, 0.29) is 11.2 Å². The molecule has 1 aromatic carbocycles. The minimum atomic E-state index is 0.203. The van der Waals surface area contributed by atoms with E-state index in [1.807, 2.05) is 30.3 Å². The van der Waals surface area contributed by atoms with E-state index >= 15 is 0 Å². The predicted molar refractivity (Wildman–Crippen MR) is 73.2 cm³/mol. The van der Waals surface area contributed by atoms with Gasteiger partial charge < -0.3 is 0 Å². The molecule has 0 fully saturated rings. The van der Waals surface area contributed by atoms with Crippen LogP contribution in [0.3, 0.4) is 0 Å². The van der Waals surface area contributed by atoms with Crippen molar-refractivity contribution in [2.45, 2.75) is 24.6 Å². The number of carbonyl (C=O) groups is 1. The first-order valence-electron chi connectivity index (χ1n) is 5.02. The van der Waals surface area contributed by atoms with E-state index in [2.05, 4.69) is 22.6 Å². The molecule has 0 aliphatic carbocycles. The van der Waals surface area contributed by atoms with Crippen molar-refractivity contribution < 1.29 is 4.79 Å². The van der Waals surface area contributed by atoms with Gasteiger partial charge >= 0.3 is 0 Å². The summed E-state index contributed by atoms with van der Waals surface area (Å²) >= 11 is 8.24. The minimum absolute atomic E-state index is 0.203. The fourth-order valence-corrected chi connectivity index (χ4v) is 1.92. The Kier molecular flexibility index (Phi) is 6.25. The lowest BCUT2D eigenvalue weighted by atomic mass is 10.1. The molecular weight excluding hydrogens is 322 g/mol. The number of ketones is 1. The highest BCUT2D eigenvalue weighted by Gasteiger charge is 2.07. The maximum absolute atomic E-state index is 11.7. The smallest absolute Gasteiger partial charge is 0.162 e. The largest absolute Gasteiger partial charge is 0.294 e. The van der Waals surface area contributed by atoms with E-state index in [1.165, 1.54) is 0 Å². The second-order valence-corrected chi connectivity index (χ2v) is 4.93. The molecule has 0 saturated carbocycles. The summed E-state index contributed by atoms with van der Waals surface area (Å²) in [5, 5.41) is 0.203. The Labute approximate surface area is 109 Å². The molecule has 0 heterocycles. The lowest BCUT2D eigenvalue weighted by molar-refractivity contribution is 0.0979. The quantitative estimate of drug-likeness (QED) is 0.434. The Morgan fingerprint density at radius 3 is 2.60 bits per heavy atom. The molecule has 0 amide bonds. The fourth-order valence-electron chi connectivity index (χ4n) is 1.33. The first kappa shape index (κ1) is 13.0. The van der Waals surface area contributed by atoms with Gasteiger partial charge in [-0.1, -0.05) is 52.9 Å². The summed E-state index contributed by atoms with van der Waals surface area (Å²) in [5.41, 5.74) is 0.804. The Morgan fingerprint density at radius 1 is 1.33 bits per heavy atom. The number of hydrogen-bond donors (Lipinski definition) is 0. The normalized spacial score (nSPS) is 12.4. The molecule has 1 nitrogen and oxygen atoms in total. The van der Waals surface area contributed by atoms with Crippen LogP contribution in [0.5, 0.6) is 0 Å². The van der Waals surface area contributed by atoms with Crippen molar-refractivity contribution in [1.29, 1.82) is 0 Å². The minimum Gasteiger partial charge on any atom is -0.294 e. The van der Waals surface area contributed by atoms with Crippen LogP contribution in [-0.2, 0) is 0 Å². The van der Waals surface area contributed by atoms with Crippen LogP contribution >= 0.6 is 34.2 Å². The Morgan fingerprint density at radius 2 is 2.00 bits per heavy atom. The average Bonchev–Trinajstić information content (AvgIpc) is 2.29. The zero-order chi connectivity index (χ0) is 11.1. The predicted octanol–water partition coefficient (Wildman–Crippen LogP) is 4.08. The SMILES string of the molecule is O=C(CCCC(Cl)CI)c1ccccc1. The molecule has 0 saturated heterocycles. The lowest BCUT2D eigenvalue weighted by Crippen LogP contribution is -2.03. The molecule has 1 rings (SSSR count). The second kappa shape index (κ2) is 7.23. The van der Waals surface area contributed by atoms with E-state index < -0.39 is 0 Å². The van der Waals surface area contributed by atoms with Gasteiger partial charge in [0.2, 0.25) is 0 Å². The average molecular weight is 337 g/mol. The van der Waals surface area contributed by atoms with Crippen LogP contribution in [0.4, 0.5) is 0 Å². The summed E-state index contributed by atoms with van der Waals surface area (Å²) in [4.78, 5) is 11.7. The number of alkyl halides is 2. The molecule has 82 valence electrons. The van der Waals surface area contributed by atoms with Crippen LogP contribution in [0, 0.1) is 0 Å². The van der Waals surface area contributed by atoms with Crippen molar-refractivity contribution in [3.05, 3.63) is 35.9 Å². The molecule has 0 radical (unpaired) electrons. The number of Topliss-reactive ketones (excluding diaryl/α,β-unsaturated/α-hetero) is 1. The van der Waals surface area contributed by atoms with Gasteiger partial charge in [0, 0.05) is 21.8 Å². The molecule has 15 heavy (non-hydrogen) atoms. The van der Waals surface area contributed by atoms with Crippen LogP contribution in [0.1, 0.15) is 29.6 Å². The third-order valence-corrected chi connectivity index (χ3v) is 4.14. The van der Waals surface area contributed by atoms with Crippen LogP contribution in [0.2, 0.25) is 0 Å². The number of halogens is 2. The molecule has 1 aromatic rings. The summed E-state index contributed by atoms with van der Waals surface area (Å²) in [6.07, 6.45) is 2.40. The van der Waals surface area contributed by atoms with Gasteiger partial charge in [0.1, 0.15) is 0 Å². The molecule has 1 unspecified atom stereocenters. The van der Waals surface area contributed by atoms with Crippen molar-refractivity contribution in [3.63, 3.8) is 0 Å². The zero-order valence-electron chi connectivity index (χ0n) is 8.46. The molecule has 0 aromatic heterocycles. The highest BCUT2D eigenvalue weighted by atomic mass is 127. The maximum Gasteiger partial charge on any atom is 0.162 e. The molecule has 0 aliphatic rings. The van der Waals surface area contributed by atoms with E-state index in [0.717, 1.165) is 22.8 Å². The van der Waals surface area contributed by atoms with Gasteiger partial charge in [0.15, 0.2) is 5.78 Å². The van der Waals surface area contributed by atoms with Crippen LogP contribution in [0.25, 0.3) is 0 Å². The van der Waals surface area contributed by atoms with Gasteiger partial charge in [-0.05, 0) is 12.8 Å². The molecular formula is C12H14ClIO. The van der Waals surface area contributed by atoms with Crippen LogP contribution in [-0.4, -0.2) is 15.6 Å². The Balaban J connectivity index is 2.31. The summed E-state index contributed by atoms with van der Waals surface area (Å²) in [5.74, 6) is 0.216. The first-order chi connectivity index (χ1) is 7.24. The standard InChI is InChI=1S/C12H14ClIO/c13-11(9-14)7-4-8-12(15)10-5-2-1-3-6-10/h1-3,5-6,11H,4,7-9H2. The summed E-state index contributed by atoms with van der Waals surface area (Å²) in [6, 6.07) is 9.42. The van der Waals surface area contributed by atoms with E-state index in [1.54, 1.807) is 0 Å². The van der Waals surface area contributed by atoms with Gasteiger partial charge in [0.25, 0.3) is 0 Å². The lowest BCUT2D eigenvalue weighted by Gasteiger charge is -2.04. The van der Waals surface area contributed by atoms with Gasteiger partial charge in [-0.2, -0.15) is 0 Å². The van der Waals surface area contributed by atoms with E-state index in [0.29, 0.717) is 6.42 Å². The van der Waals surface area contributed by atoms with Gasteiger partial charge in [-0.25, -0.2) is 0 Å². The van der Waals surface area contributed by atoms with Crippen molar-refractivity contribution in [2.75, 3.05) is 4.43 Å². The van der Waals surface area contributed by atoms with E-state index in [4.69, 9.17) is 11.6 Å². The Hall–Kier alpha value is -0.0900. The topological polar surface area (TPSA) is 17.1 Å². The zero-order valence-corrected chi connectivity index (χ0v) is 11.4. The van der Waals surface area contributed by atoms with Crippen molar-refractivity contribution >= 4 is 40.0 Å². The fraction of sp³-hybridized carbons (Fsp3) is 0.417. The van der Waals surface area contributed by atoms with Gasteiger partial charge in [0.05, 0.1) is 0 Å². The van der Waals surface area contributed by atoms with Crippen molar-refractivity contribution in [3.8, 4) is 0 Å². The van der Waals surface area contributed by atoms with Crippen molar-refractivity contribution in [2.24, 2.45) is 0 Å². The van der Waals surface area contributed by atoms with Crippen LogP contribution in [0.15, 0.2) is 30.3 Å². The molecule has 0 spiro atoms.